The van der Waals surface area contributed by atoms with E-state index in [1.165, 1.54) is 11.1 Å². The predicted octanol–water partition coefficient (Wildman–Crippen LogP) is 1.91. The Morgan fingerprint density at radius 1 is 1.38 bits per heavy atom. The number of benzene rings is 1. The highest BCUT2D eigenvalue weighted by Gasteiger charge is 1.94. The molecule has 0 unspecified atom stereocenters. The molecular formula is C11H16N2. The lowest BCUT2D eigenvalue weighted by Gasteiger charge is -2.02. The number of nitrogens with zero attached hydrogens (tertiary/aromatic N) is 1. The molecule has 1 aromatic carbocycles. The quantitative estimate of drug-likeness (QED) is 0.554. The molecule has 2 N–H and O–H groups in total. The minimum atomic E-state index is 0.661. The standard InChI is InChI=1S/C11H16N2/c1-9-5-3-4-6-11(9)7-8-13-10(2)12/h3-6H,7-8H2,1-2H3,(H2,12,13). The van der Waals surface area contributed by atoms with Crippen LogP contribution in [-0.4, -0.2) is 12.4 Å². The number of aryl methyl sites for hydroxylation is 1. The maximum absolute atomic E-state index is 5.44. The molecule has 0 fully saturated rings. The third-order valence-corrected chi connectivity index (χ3v) is 2.00. The molecule has 2 heteroatoms. The molecule has 0 heterocycles. The van der Waals surface area contributed by atoms with Crippen LogP contribution in [0.15, 0.2) is 29.3 Å². The summed E-state index contributed by atoms with van der Waals surface area (Å²) in [5, 5.41) is 0. The maximum Gasteiger partial charge on any atom is 0.0905 e. The Bertz CT molecular complexity index is 299. The third kappa shape index (κ3) is 3.28. The van der Waals surface area contributed by atoms with E-state index in [1.54, 1.807) is 0 Å². The highest BCUT2D eigenvalue weighted by atomic mass is 14.8. The molecule has 0 aliphatic heterocycles. The van der Waals surface area contributed by atoms with Crippen molar-refractivity contribution in [2.45, 2.75) is 20.3 Å². The normalized spacial score (nSPS) is 11.7. The number of amidine groups is 1. The lowest BCUT2D eigenvalue weighted by Crippen LogP contribution is -2.06. The van der Waals surface area contributed by atoms with Gasteiger partial charge in [-0.15, -0.1) is 0 Å². The molecule has 70 valence electrons. The van der Waals surface area contributed by atoms with E-state index in [1.807, 2.05) is 6.92 Å². The molecule has 0 amide bonds. The molecule has 0 atom stereocenters. The first kappa shape index (κ1) is 9.78. The van der Waals surface area contributed by atoms with Crippen molar-refractivity contribution in [1.82, 2.24) is 0 Å². The van der Waals surface area contributed by atoms with Gasteiger partial charge in [0.2, 0.25) is 0 Å². The Morgan fingerprint density at radius 3 is 2.69 bits per heavy atom. The van der Waals surface area contributed by atoms with Gasteiger partial charge in [0, 0.05) is 6.54 Å². The number of hydrogen-bond acceptors (Lipinski definition) is 1. The molecule has 0 aromatic heterocycles. The molecule has 1 rings (SSSR count). The summed E-state index contributed by atoms with van der Waals surface area (Å²) in [5.41, 5.74) is 8.13. The van der Waals surface area contributed by atoms with Gasteiger partial charge in [-0.1, -0.05) is 24.3 Å². The second-order valence-electron chi connectivity index (χ2n) is 3.20. The van der Waals surface area contributed by atoms with Crippen LogP contribution in [-0.2, 0) is 6.42 Å². The number of nitrogens with two attached hydrogens (primary N) is 1. The van der Waals surface area contributed by atoms with Crippen molar-refractivity contribution in [3.05, 3.63) is 35.4 Å². The van der Waals surface area contributed by atoms with Gasteiger partial charge in [0.15, 0.2) is 0 Å². The molecule has 0 radical (unpaired) electrons. The van der Waals surface area contributed by atoms with E-state index in [4.69, 9.17) is 5.73 Å². The largest absolute Gasteiger partial charge is 0.388 e. The van der Waals surface area contributed by atoms with Crippen molar-refractivity contribution in [2.24, 2.45) is 10.7 Å². The topological polar surface area (TPSA) is 38.4 Å². The van der Waals surface area contributed by atoms with Gasteiger partial charge >= 0.3 is 0 Å². The Labute approximate surface area is 79.5 Å². The maximum atomic E-state index is 5.44. The van der Waals surface area contributed by atoms with Crippen LogP contribution in [0, 0.1) is 6.92 Å². The van der Waals surface area contributed by atoms with E-state index in [0.717, 1.165) is 13.0 Å². The van der Waals surface area contributed by atoms with Crippen LogP contribution in [0.5, 0.6) is 0 Å². The first-order valence-electron chi connectivity index (χ1n) is 4.51. The van der Waals surface area contributed by atoms with E-state index >= 15 is 0 Å². The zero-order valence-corrected chi connectivity index (χ0v) is 8.25. The van der Waals surface area contributed by atoms with Gasteiger partial charge in [0.1, 0.15) is 0 Å². The van der Waals surface area contributed by atoms with E-state index in [2.05, 4.69) is 36.2 Å². The van der Waals surface area contributed by atoms with Crippen LogP contribution in [0.2, 0.25) is 0 Å². The van der Waals surface area contributed by atoms with Gasteiger partial charge < -0.3 is 5.73 Å². The van der Waals surface area contributed by atoms with Crippen molar-refractivity contribution in [2.75, 3.05) is 6.54 Å². The molecule has 2 nitrogen and oxygen atoms in total. The monoisotopic (exact) mass is 176 g/mol. The number of hydrogen-bond donors (Lipinski definition) is 1. The van der Waals surface area contributed by atoms with Gasteiger partial charge in [0.25, 0.3) is 0 Å². The van der Waals surface area contributed by atoms with Crippen molar-refractivity contribution in [1.29, 1.82) is 0 Å². The summed E-state index contributed by atoms with van der Waals surface area (Å²) in [6.45, 7) is 4.72. The first-order valence-corrected chi connectivity index (χ1v) is 4.51. The first-order chi connectivity index (χ1) is 6.20. The SMILES string of the molecule is CC(N)=NCCc1ccccc1C. The van der Waals surface area contributed by atoms with Crippen LogP contribution in [0.3, 0.4) is 0 Å². The summed E-state index contributed by atoms with van der Waals surface area (Å²) >= 11 is 0. The van der Waals surface area contributed by atoms with Crippen molar-refractivity contribution < 1.29 is 0 Å². The van der Waals surface area contributed by atoms with Crippen molar-refractivity contribution in [3.8, 4) is 0 Å². The zero-order chi connectivity index (χ0) is 9.68. The molecule has 0 bridgehead atoms. The number of rotatable bonds is 3. The van der Waals surface area contributed by atoms with Gasteiger partial charge in [-0.2, -0.15) is 0 Å². The fourth-order valence-corrected chi connectivity index (χ4v) is 1.24. The highest BCUT2D eigenvalue weighted by molar-refractivity contribution is 5.77. The Kier molecular flexibility index (Phi) is 3.50. The average molecular weight is 176 g/mol. The van der Waals surface area contributed by atoms with E-state index < -0.39 is 0 Å². The molecule has 13 heavy (non-hydrogen) atoms. The number of aliphatic imine (C=N–C) groups is 1. The van der Waals surface area contributed by atoms with Gasteiger partial charge in [-0.25, -0.2) is 0 Å². The molecule has 0 spiro atoms. The summed E-state index contributed by atoms with van der Waals surface area (Å²) in [6.07, 6.45) is 0.973. The minimum Gasteiger partial charge on any atom is -0.388 e. The van der Waals surface area contributed by atoms with Crippen LogP contribution in [0.25, 0.3) is 0 Å². The third-order valence-electron chi connectivity index (χ3n) is 2.00. The summed E-state index contributed by atoms with van der Waals surface area (Å²) in [4.78, 5) is 4.16. The molecule has 0 aliphatic carbocycles. The zero-order valence-electron chi connectivity index (χ0n) is 8.25. The lowest BCUT2D eigenvalue weighted by molar-refractivity contribution is 0.954. The second-order valence-corrected chi connectivity index (χ2v) is 3.20. The Hall–Kier alpha value is -1.31. The minimum absolute atomic E-state index is 0.661. The second kappa shape index (κ2) is 4.65. The fraction of sp³-hybridized carbons (Fsp3) is 0.364. The summed E-state index contributed by atoms with van der Waals surface area (Å²) in [5.74, 6) is 0.661. The van der Waals surface area contributed by atoms with E-state index in [0.29, 0.717) is 5.84 Å². The highest BCUT2D eigenvalue weighted by Crippen LogP contribution is 2.07. The molecule has 0 saturated carbocycles. The smallest absolute Gasteiger partial charge is 0.0905 e. The van der Waals surface area contributed by atoms with Crippen molar-refractivity contribution in [3.63, 3.8) is 0 Å². The van der Waals surface area contributed by atoms with Crippen LogP contribution < -0.4 is 5.73 Å². The molecule has 1 aromatic rings. The van der Waals surface area contributed by atoms with Crippen LogP contribution in [0.1, 0.15) is 18.1 Å². The summed E-state index contributed by atoms with van der Waals surface area (Å²) in [7, 11) is 0. The summed E-state index contributed by atoms with van der Waals surface area (Å²) < 4.78 is 0. The van der Waals surface area contributed by atoms with Gasteiger partial charge in [-0.3, -0.25) is 4.99 Å². The van der Waals surface area contributed by atoms with Gasteiger partial charge in [-0.05, 0) is 31.4 Å². The Morgan fingerprint density at radius 2 is 2.08 bits per heavy atom. The Balaban J connectivity index is 2.55. The summed E-state index contributed by atoms with van der Waals surface area (Å²) in [6, 6.07) is 8.36. The molecule has 0 aliphatic rings. The average Bonchev–Trinajstić information content (AvgIpc) is 2.08. The molecule has 0 saturated heterocycles. The van der Waals surface area contributed by atoms with E-state index in [-0.39, 0.29) is 0 Å². The van der Waals surface area contributed by atoms with Gasteiger partial charge in [0.05, 0.1) is 5.84 Å². The van der Waals surface area contributed by atoms with Crippen molar-refractivity contribution >= 4 is 5.84 Å². The van der Waals surface area contributed by atoms with E-state index in [9.17, 15) is 0 Å². The lowest BCUT2D eigenvalue weighted by atomic mass is 10.1. The fourth-order valence-electron chi connectivity index (χ4n) is 1.24. The van der Waals surface area contributed by atoms with Crippen LogP contribution >= 0.6 is 0 Å². The molecular weight excluding hydrogens is 160 g/mol. The van der Waals surface area contributed by atoms with Crippen LogP contribution in [0.4, 0.5) is 0 Å². The predicted molar refractivity (Wildman–Crippen MR) is 57.0 cm³/mol.